The fourth-order valence-electron chi connectivity index (χ4n) is 1.93. The Labute approximate surface area is 115 Å². The Bertz CT molecular complexity index is 272. The highest BCUT2D eigenvalue weighted by atomic mass is 16.4. The predicted octanol–water partition coefficient (Wildman–Crippen LogP) is 0.241. The third kappa shape index (κ3) is 9.44. The minimum atomic E-state index is -0.804. The van der Waals surface area contributed by atoms with Crippen LogP contribution >= 0.6 is 0 Å². The number of carboxylic acid groups (broad SMARTS) is 1. The largest absolute Gasteiger partial charge is 0.480 e. The van der Waals surface area contributed by atoms with Gasteiger partial charge in [0.1, 0.15) is 0 Å². The van der Waals surface area contributed by atoms with E-state index in [2.05, 4.69) is 17.1 Å². The number of aliphatic carboxylic acids is 1. The van der Waals surface area contributed by atoms with Gasteiger partial charge in [-0.3, -0.25) is 19.4 Å². The van der Waals surface area contributed by atoms with Gasteiger partial charge in [0.05, 0.1) is 13.1 Å². The second-order valence-corrected chi connectivity index (χ2v) is 4.62. The zero-order chi connectivity index (χ0) is 14.7. The summed E-state index contributed by atoms with van der Waals surface area (Å²) >= 11 is 0. The van der Waals surface area contributed by atoms with Crippen LogP contribution in [0.4, 0.5) is 0 Å². The standard InChI is InChI=1S/C13H27N3O3/c1-4-6-15(10-12(17)14-3)8-9-16(7-5-2)11-13(18)19/h4-11H2,1-3H3,(H,14,17)(H,18,19). The molecule has 112 valence electrons. The van der Waals surface area contributed by atoms with Gasteiger partial charge in [-0.2, -0.15) is 0 Å². The van der Waals surface area contributed by atoms with Crippen LogP contribution in [-0.2, 0) is 9.59 Å². The molecule has 0 spiro atoms. The highest BCUT2D eigenvalue weighted by Crippen LogP contribution is 1.96. The number of carbonyl (C=O) groups excluding carboxylic acids is 1. The molecule has 0 saturated heterocycles. The molecule has 6 heteroatoms. The van der Waals surface area contributed by atoms with Crippen molar-refractivity contribution >= 4 is 11.9 Å². The third-order valence-corrected chi connectivity index (χ3v) is 2.82. The quantitative estimate of drug-likeness (QED) is 0.564. The Morgan fingerprint density at radius 1 is 0.947 bits per heavy atom. The van der Waals surface area contributed by atoms with Crippen LogP contribution in [0.3, 0.4) is 0 Å². The molecule has 0 aliphatic carbocycles. The topological polar surface area (TPSA) is 72.9 Å². The molecule has 0 bridgehead atoms. The van der Waals surface area contributed by atoms with E-state index in [1.807, 2.05) is 11.8 Å². The zero-order valence-corrected chi connectivity index (χ0v) is 12.3. The van der Waals surface area contributed by atoms with Gasteiger partial charge in [0.15, 0.2) is 0 Å². The van der Waals surface area contributed by atoms with Crippen LogP contribution in [0, 0.1) is 0 Å². The summed E-state index contributed by atoms with van der Waals surface area (Å²) in [6.07, 6.45) is 1.90. The maximum atomic E-state index is 11.4. The lowest BCUT2D eigenvalue weighted by molar-refractivity contribution is -0.138. The normalized spacial score (nSPS) is 11.0. The Morgan fingerprint density at radius 3 is 1.79 bits per heavy atom. The smallest absolute Gasteiger partial charge is 0.317 e. The summed E-state index contributed by atoms with van der Waals surface area (Å²) in [6.45, 7) is 7.55. The van der Waals surface area contributed by atoms with Gasteiger partial charge in [-0.05, 0) is 25.9 Å². The van der Waals surface area contributed by atoms with Gasteiger partial charge < -0.3 is 10.4 Å². The molecule has 0 aromatic carbocycles. The monoisotopic (exact) mass is 273 g/mol. The van der Waals surface area contributed by atoms with Gasteiger partial charge in [0.25, 0.3) is 0 Å². The number of likely N-dealkylation sites (N-methyl/N-ethyl adjacent to an activating group) is 1. The van der Waals surface area contributed by atoms with Crippen LogP contribution in [0.1, 0.15) is 26.7 Å². The molecule has 0 saturated carbocycles. The first kappa shape index (κ1) is 17.9. The van der Waals surface area contributed by atoms with E-state index in [0.29, 0.717) is 19.6 Å². The van der Waals surface area contributed by atoms with E-state index in [1.54, 1.807) is 7.05 Å². The summed E-state index contributed by atoms with van der Waals surface area (Å²) in [6, 6.07) is 0. The van der Waals surface area contributed by atoms with Crippen molar-refractivity contribution in [3.63, 3.8) is 0 Å². The van der Waals surface area contributed by atoms with Crippen molar-refractivity contribution in [2.24, 2.45) is 0 Å². The van der Waals surface area contributed by atoms with Crippen molar-refractivity contribution in [1.29, 1.82) is 0 Å². The second-order valence-electron chi connectivity index (χ2n) is 4.62. The van der Waals surface area contributed by atoms with Gasteiger partial charge in [0.2, 0.25) is 5.91 Å². The van der Waals surface area contributed by atoms with E-state index in [4.69, 9.17) is 5.11 Å². The number of rotatable bonds is 11. The summed E-state index contributed by atoms with van der Waals surface area (Å²) < 4.78 is 0. The fraction of sp³-hybridized carbons (Fsp3) is 0.846. The molecule has 0 radical (unpaired) electrons. The molecule has 0 aromatic heterocycles. The Kier molecular flexibility index (Phi) is 10.1. The summed E-state index contributed by atoms with van der Waals surface area (Å²) in [5, 5.41) is 11.5. The molecule has 2 N–H and O–H groups in total. The summed E-state index contributed by atoms with van der Waals surface area (Å²) in [5.74, 6) is -0.810. The van der Waals surface area contributed by atoms with E-state index in [0.717, 1.165) is 25.9 Å². The van der Waals surface area contributed by atoms with E-state index >= 15 is 0 Å². The number of amides is 1. The third-order valence-electron chi connectivity index (χ3n) is 2.82. The Morgan fingerprint density at radius 2 is 1.42 bits per heavy atom. The molecule has 19 heavy (non-hydrogen) atoms. The van der Waals surface area contributed by atoms with Crippen molar-refractivity contribution in [2.45, 2.75) is 26.7 Å². The number of hydrogen-bond donors (Lipinski definition) is 2. The van der Waals surface area contributed by atoms with E-state index in [1.165, 1.54) is 0 Å². The second kappa shape index (κ2) is 10.8. The molecule has 1 amide bonds. The van der Waals surface area contributed by atoms with Crippen molar-refractivity contribution in [3.05, 3.63) is 0 Å². The van der Waals surface area contributed by atoms with Crippen LogP contribution in [0.2, 0.25) is 0 Å². The molecule has 0 atom stereocenters. The lowest BCUT2D eigenvalue weighted by atomic mass is 10.3. The molecular weight excluding hydrogens is 246 g/mol. The fourth-order valence-corrected chi connectivity index (χ4v) is 1.93. The van der Waals surface area contributed by atoms with Crippen LogP contribution in [-0.4, -0.2) is 73.1 Å². The van der Waals surface area contributed by atoms with Crippen molar-refractivity contribution in [1.82, 2.24) is 15.1 Å². The molecule has 0 aliphatic heterocycles. The zero-order valence-electron chi connectivity index (χ0n) is 12.3. The lowest BCUT2D eigenvalue weighted by Crippen LogP contribution is -2.42. The molecule has 0 aromatic rings. The van der Waals surface area contributed by atoms with Crippen molar-refractivity contribution in [3.8, 4) is 0 Å². The van der Waals surface area contributed by atoms with Crippen LogP contribution in [0.15, 0.2) is 0 Å². The number of hydrogen-bond acceptors (Lipinski definition) is 4. The first-order valence-electron chi connectivity index (χ1n) is 6.90. The van der Waals surface area contributed by atoms with Gasteiger partial charge in [-0.25, -0.2) is 0 Å². The van der Waals surface area contributed by atoms with E-state index < -0.39 is 5.97 Å². The van der Waals surface area contributed by atoms with Crippen LogP contribution < -0.4 is 5.32 Å². The highest BCUT2D eigenvalue weighted by Gasteiger charge is 2.13. The Balaban J connectivity index is 4.23. The van der Waals surface area contributed by atoms with Crippen LogP contribution in [0.5, 0.6) is 0 Å². The van der Waals surface area contributed by atoms with Gasteiger partial charge in [-0.1, -0.05) is 13.8 Å². The molecule has 0 rings (SSSR count). The molecule has 0 aliphatic rings. The summed E-state index contributed by atoms with van der Waals surface area (Å²) in [4.78, 5) is 26.1. The maximum Gasteiger partial charge on any atom is 0.317 e. The minimum Gasteiger partial charge on any atom is -0.480 e. The average molecular weight is 273 g/mol. The van der Waals surface area contributed by atoms with E-state index in [-0.39, 0.29) is 12.5 Å². The molecular formula is C13H27N3O3. The lowest BCUT2D eigenvalue weighted by Gasteiger charge is -2.25. The van der Waals surface area contributed by atoms with E-state index in [9.17, 15) is 9.59 Å². The molecule has 6 nitrogen and oxygen atoms in total. The molecule has 0 heterocycles. The molecule has 0 fully saturated rings. The van der Waals surface area contributed by atoms with Gasteiger partial charge in [-0.15, -0.1) is 0 Å². The number of carboxylic acids is 1. The highest BCUT2D eigenvalue weighted by molar-refractivity contribution is 5.77. The summed E-state index contributed by atoms with van der Waals surface area (Å²) in [7, 11) is 1.63. The average Bonchev–Trinajstić information content (AvgIpc) is 2.35. The first-order chi connectivity index (χ1) is 9.03. The maximum absolute atomic E-state index is 11.4. The number of carbonyl (C=O) groups is 2. The summed E-state index contributed by atoms with van der Waals surface area (Å²) in [5.41, 5.74) is 0. The minimum absolute atomic E-state index is 0.00581. The first-order valence-corrected chi connectivity index (χ1v) is 6.90. The number of nitrogens with zero attached hydrogens (tertiary/aromatic N) is 2. The molecule has 0 unspecified atom stereocenters. The van der Waals surface area contributed by atoms with Crippen molar-refractivity contribution < 1.29 is 14.7 Å². The van der Waals surface area contributed by atoms with Gasteiger partial charge in [0, 0.05) is 20.1 Å². The number of nitrogens with one attached hydrogen (secondary N) is 1. The SMILES string of the molecule is CCCN(CCN(CCC)CC(=O)NC)CC(=O)O. The predicted molar refractivity (Wildman–Crippen MR) is 75.2 cm³/mol. The van der Waals surface area contributed by atoms with Crippen LogP contribution in [0.25, 0.3) is 0 Å². The van der Waals surface area contributed by atoms with Gasteiger partial charge >= 0.3 is 5.97 Å². The Hall–Kier alpha value is -1.14. The van der Waals surface area contributed by atoms with Crippen molar-refractivity contribution in [2.75, 3.05) is 46.3 Å².